The van der Waals surface area contributed by atoms with E-state index in [1.807, 2.05) is 53.4 Å². The second-order valence-electron chi connectivity index (χ2n) is 7.36. The molecule has 1 amide bonds. The number of hydrogen-bond donors (Lipinski definition) is 0. The van der Waals surface area contributed by atoms with Crippen LogP contribution in [0.5, 0.6) is 0 Å². The van der Waals surface area contributed by atoms with Gasteiger partial charge in [-0.15, -0.1) is 10.2 Å². The van der Waals surface area contributed by atoms with E-state index in [4.69, 9.17) is 8.94 Å². The van der Waals surface area contributed by atoms with Crippen molar-refractivity contribution in [3.63, 3.8) is 0 Å². The highest BCUT2D eigenvalue weighted by Crippen LogP contribution is 2.18. The first-order chi connectivity index (χ1) is 15.2. The third-order valence-corrected chi connectivity index (χ3v) is 4.95. The Hall–Kier alpha value is -3.74. The molecule has 4 aromatic rings. The summed E-state index contributed by atoms with van der Waals surface area (Å²) < 4.78 is 10.7. The SMILES string of the molecule is Cc1cc(-c2nnc(CCC(=O)N(CCc3ccccc3)Cc3ccccc3)o2)no1. The van der Waals surface area contributed by atoms with Crippen molar-refractivity contribution < 1.29 is 13.7 Å². The molecule has 2 heterocycles. The fourth-order valence-electron chi connectivity index (χ4n) is 3.30. The third-order valence-electron chi connectivity index (χ3n) is 4.95. The summed E-state index contributed by atoms with van der Waals surface area (Å²) in [6.07, 6.45) is 1.47. The van der Waals surface area contributed by atoms with Crippen molar-refractivity contribution in [1.29, 1.82) is 0 Å². The van der Waals surface area contributed by atoms with Crippen LogP contribution < -0.4 is 0 Å². The number of nitrogens with zero attached hydrogens (tertiary/aromatic N) is 4. The zero-order chi connectivity index (χ0) is 21.5. The maximum Gasteiger partial charge on any atom is 0.269 e. The molecule has 7 nitrogen and oxygen atoms in total. The number of amides is 1. The normalized spacial score (nSPS) is 10.9. The summed E-state index contributed by atoms with van der Waals surface area (Å²) in [5, 5.41) is 11.9. The van der Waals surface area contributed by atoms with E-state index in [9.17, 15) is 4.79 Å². The first-order valence-electron chi connectivity index (χ1n) is 10.3. The summed E-state index contributed by atoms with van der Waals surface area (Å²) in [4.78, 5) is 14.9. The number of aryl methyl sites for hydroxylation is 2. The van der Waals surface area contributed by atoms with E-state index in [1.165, 1.54) is 5.56 Å². The van der Waals surface area contributed by atoms with Gasteiger partial charge in [0.2, 0.25) is 11.8 Å². The molecule has 158 valence electrons. The molecule has 31 heavy (non-hydrogen) atoms. The molecule has 2 aromatic carbocycles. The van der Waals surface area contributed by atoms with E-state index in [0.717, 1.165) is 12.0 Å². The first-order valence-corrected chi connectivity index (χ1v) is 10.3. The largest absolute Gasteiger partial charge is 0.419 e. The van der Waals surface area contributed by atoms with Crippen LogP contribution in [-0.2, 0) is 24.2 Å². The van der Waals surface area contributed by atoms with E-state index in [1.54, 1.807) is 13.0 Å². The lowest BCUT2D eigenvalue weighted by molar-refractivity contribution is -0.131. The molecule has 0 radical (unpaired) electrons. The van der Waals surface area contributed by atoms with Gasteiger partial charge in [0.15, 0.2) is 5.69 Å². The van der Waals surface area contributed by atoms with Crippen molar-refractivity contribution in [2.45, 2.75) is 32.7 Å². The van der Waals surface area contributed by atoms with Gasteiger partial charge >= 0.3 is 0 Å². The molecule has 2 aromatic heterocycles. The quantitative estimate of drug-likeness (QED) is 0.406. The zero-order valence-corrected chi connectivity index (χ0v) is 17.4. The van der Waals surface area contributed by atoms with Crippen molar-refractivity contribution in [1.82, 2.24) is 20.3 Å². The fourth-order valence-corrected chi connectivity index (χ4v) is 3.30. The van der Waals surface area contributed by atoms with Crippen LogP contribution in [0, 0.1) is 6.92 Å². The maximum absolute atomic E-state index is 13.0. The van der Waals surface area contributed by atoms with Crippen LogP contribution in [-0.4, -0.2) is 32.7 Å². The molecule has 0 N–H and O–H groups in total. The molecule has 0 saturated carbocycles. The lowest BCUT2D eigenvalue weighted by Crippen LogP contribution is -2.32. The summed E-state index contributed by atoms with van der Waals surface area (Å²) in [6, 6.07) is 21.9. The van der Waals surface area contributed by atoms with Gasteiger partial charge in [-0.05, 0) is 24.5 Å². The van der Waals surface area contributed by atoms with Crippen molar-refractivity contribution in [2.24, 2.45) is 0 Å². The smallest absolute Gasteiger partial charge is 0.269 e. The summed E-state index contributed by atoms with van der Waals surface area (Å²) >= 11 is 0. The van der Waals surface area contributed by atoms with Gasteiger partial charge in [0, 0.05) is 32.0 Å². The summed E-state index contributed by atoms with van der Waals surface area (Å²) in [5.41, 5.74) is 2.80. The second-order valence-corrected chi connectivity index (χ2v) is 7.36. The van der Waals surface area contributed by atoms with Crippen molar-refractivity contribution in [2.75, 3.05) is 6.54 Å². The molecule has 0 spiro atoms. The standard InChI is InChI=1S/C24H24N4O3/c1-18-16-21(27-31-18)24-26-25-22(30-24)12-13-23(29)28(17-20-10-6-3-7-11-20)15-14-19-8-4-2-5-9-19/h2-11,16H,12-15,17H2,1H3. The van der Waals surface area contributed by atoms with Crippen LogP contribution in [0.4, 0.5) is 0 Å². The van der Waals surface area contributed by atoms with Gasteiger partial charge < -0.3 is 13.8 Å². The minimum Gasteiger partial charge on any atom is -0.419 e. The summed E-state index contributed by atoms with van der Waals surface area (Å²) in [5.74, 6) is 1.42. The molecule has 7 heteroatoms. The number of carbonyl (C=O) groups is 1. The molecule has 0 bridgehead atoms. The van der Waals surface area contributed by atoms with E-state index in [-0.39, 0.29) is 5.91 Å². The maximum atomic E-state index is 13.0. The summed E-state index contributed by atoms with van der Waals surface area (Å²) in [6.45, 7) is 3.01. The van der Waals surface area contributed by atoms with Crippen molar-refractivity contribution >= 4 is 5.91 Å². The monoisotopic (exact) mass is 416 g/mol. The van der Waals surface area contributed by atoms with Gasteiger partial charge in [0.1, 0.15) is 5.76 Å². The molecule has 0 aliphatic carbocycles. The van der Waals surface area contributed by atoms with Crippen LogP contribution in [0.1, 0.15) is 29.2 Å². The molecule has 0 saturated heterocycles. The topological polar surface area (TPSA) is 85.3 Å². The molecule has 0 aliphatic heterocycles. The second kappa shape index (κ2) is 9.84. The van der Waals surface area contributed by atoms with Crippen LogP contribution in [0.15, 0.2) is 75.7 Å². The lowest BCUT2D eigenvalue weighted by atomic mass is 10.1. The molecular weight excluding hydrogens is 392 g/mol. The van der Waals surface area contributed by atoms with E-state index < -0.39 is 0 Å². The highest BCUT2D eigenvalue weighted by Gasteiger charge is 2.17. The molecule has 4 rings (SSSR count). The Bertz CT molecular complexity index is 1110. The van der Waals surface area contributed by atoms with E-state index >= 15 is 0 Å². The van der Waals surface area contributed by atoms with Gasteiger partial charge in [-0.2, -0.15) is 0 Å². The third kappa shape index (κ3) is 5.66. The number of carbonyl (C=O) groups excluding carboxylic acids is 1. The predicted molar refractivity (Wildman–Crippen MR) is 115 cm³/mol. The van der Waals surface area contributed by atoms with E-state index in [0.29, 0.717) is 49.2 Å². The minimum absolute atomic E-state index is 0.0526. The Morgan fingerprint density at radius 2 is 1.65 bits per heavy atom. The molecule has 0 fully saturated rings. The number of aromatic nitrogens is 3. The van der Waals surface area contributed by atoms with Gasteiger partial charge in [0.05, 0.1) is 0 Å². The number of benzene rings is 2. The minimum atomic E-state index is 0.0526. The van der Waals surface area contributed by atoms with Crippen LogP contribution >= 0.6 is 0 Å². The molecular formula is C24H24N4O3. The average Bonchev–Trinajstić information content (AvgIpc) is 3.45. The Morgan fingerprint density at radius 3 is 2.32 bits per heavy atom. The van der Waals surface area contributed by atoms with Gasteiger partial charge in [0.25, 0.3) is 5.89 Å². The number of rotatable bonds is 9. The molecule has 0 unspecified atom stereocenters. The Morgan fingerprint density at radius 1 is 0.935 bits per heavy atom. The Balaban J connectivity index is 1.39. The molecule has 0 atom stereocenters. The van der Waals surface area contributed by atoms with Crippen LogP contribution in [0.2, 0.25) is 0 Å². The predicted octanol–water partition coefficient (Wildman–Crippen LogP) is 4.24. The van der Waals surface area contributed by atoms with Crippen molar-refractivity contribution in [3.05, 3.63) is 89.5 Å². The van der Waals surface area contributed by atoms with E-state index in [2.05, 4.69) is 27.5 Å². The highest BCUT2D eigenvalue weighted by molar-refractivity contribution is 5.76. The zero-order valence-electron chi connectivity index (χ0n) is 17.4. The molecule has 0 aliphatic rings. The van der Waals surface area contributed by atoms with Crippen LogP contribution in [0.3, 0.4) is 0 Å². The fraction of sp³-hybridized carbons (Fsp3) is 0.250. The summed E-state index contributed by atoms with van der Waals surface area (Å²) in [7, 11) is 0. The van der Waals surface area contributed by atoms with Gasteiger partial charge in [-0.1, -0.05) is 65.8 Å². The number of hydrogen-bond acceptors (Lipinski definition) is 6. The Labute approximate surface area is 180 Å². The van der Waals surface area contributed by atoms with Crippen molar-refractivity contribution in [3.8, 4) is 11.6 Å². The lowest BCUT2D eigenvalue weighted by Gasteiger charge is -2.23. The highest BCUT2D eigenvalue weighted by atomic mass is 16.5. The van der Waals surface area contributed by atoms with Gasteiger partial charge in [-0.3, -0.25) is 4.79 Å². The average molecular weight is 416 g/mol. The first kappa shape index (κ1) is 20.5. The van der Waals surface area contributed by atoms with Crippen LogP contribution in [0.25, 0.3) is 11.6 Å². The Kier molecular flexibility index (Phi) is 6.52. The van der Waals surface area contributed by atoms with Gasteiger partial charge in [-0.25, -0.2) is 0 Å².